The van der Waals surface area contributed by atoms with Gasteiger partial charge in [0.15, 0.2) is 0 Å². The Morgan fingerprint density at radius 1 is 1.05 bits per heavy atom. The molecule has 1 spiro atoms. The summed E-state index contributed by atoms with van der Waals surface area (Å²) in [4.78, 5) is 48.2. The average Bonchev–Trinajstić information content (AvgIpc) is 3.16. The van der Waals surface area contributed by atoms with Crippen LogP contribution in [0.3, 0.4) is 0 Å². The predicted molar refractivity (Wildman–Crippen MR) is 151 cm³/mol. The molecule has 4 aliphatic heterocycles. The molecular weight excluding hydrogens is 498 g/mol. The fourth-order valence-electron chi connectivity index (χ4n) is 6.98. The number of rotatable bonds is 5. The maximum Gasteiger partial charge on any atom is 0.251 e. The van der Waals surface area contributed by atoms with Gasteiger partial charge in [-0.25, -0.2) is 0 Å². The summed E-state index contributed by atoms with van der Waals surface area (Å²) in [6.07, 6.45) is 8.86. The highest BCUT2D eigenvalue weighted by Crippen LogP contribution is 2.66. The van der Waals surface area contributed by atoms with Crippen LogP contribution in [-0.4, -0.2) is 80.9 Å². The van der Waals surface area contributed by atoms with Crippen LogP contribution in [0.1, 0.15) is 38.3 Å². The molecule has 7 atom stereocenters. The Kier molecular flexibility index (Phi) is 6.79. The van der Waals surface area contributed by atoms with E-state index in [-0.39, 0.29) is 30.2 Å². The number of likely N-dealkylation sites (N-methyl/N-ethyl adjacent to an activating group) is 1. The van der Waals surface area contributed by atoms with Crippen molar-refractivity contribution in [3.63, 3.8) is 0 Å². The van der Waals surface area contributed by atoms with Gasteiger partial charge in [-0.2, -0.15) is 0 Å². The normalized spacial score (nSPS) is 34.1. The van der Waals surface area contributed by atoms with Crippen LogP contribution in [-0.2, 0) is 14.4 Å². The zero-order chi connectivity index (χ0) is 27.6. The minimum absolute atomic E-state index is 0.0159. The standard InChI is InChI=1S/C30H39N3O4S/c1-7-19(3)22(17-34)33-25-28(37)32(21-16-18(2)10-11-20(21)4)15-9-13-30(25)24(27(33)36)23-26(35)31(6)14-8-12-29(23,5)38-30/h8-13,16,19,22-25,34H,7,14-15,17H2,1-6H3/t19-,22-,23-,24-,25?,29+,30-/m0/s1. The quantitative estimate of drug-likeness (QED) is 0.583. The molecule has 4 aliphatic rings. The number of nitrogens with zero attached hydrogens (tertiary/aromatic N) is 3. The van der Waals surface area contributed by atoms with Crippen LogP contribution in [0.2, 0.25) is 0 Å². The van der Waals surface area contributed by atoms with Crippen molar-refractivity contribution in [2.75, 3.05) is 31.6 Å². The number of benzene rings is 1. The zero-order valence-corrected chi connectivity index (χ0v) is 24.0. The first-order valence-corrected chi connectivity index (χ1v) is 14.4. The average molecular weight is 538 g/mol. The molecule has 0 saturated carbocycles. The van der Waals surface area contributed by atoms with E-state index in [2.05, 4.69) is 6.08 Å². The van der Waals surface area contributed by atoms with Gasteiger partial charge in [0, 0.05) is 30.6 Å². The summed E-state index contributed by atoms with van der Waals surface area (Å²) < 4.78 is -1.55. The highest BCUT2D eigenvalue weighted by atomic mass is 32.2. The smallest absolute Gasteiger partial charge is 0.251 e. The number of thioether (sulfide) groups is 1. The Morgan fingerprint density at radius 3 is 2.45 bits per heavy atom. The Hall–Kier alpha value is -2.58. The molecule has 2 saturated heterocycles. The molecule has 1 aromatic rings. The molecule has 4 heterocycles. The lowest BCUT2D eigenvalue weighted by Crippen LogP contribution is -2.58. The van der Waals surface area contributed by atoms with Gasteiger partial charge in [-0.15, -0.1) is 11.8 Å². The molecule has 7 nitrogen and oxygen atoms in total. The minimum Gasteiger partial charge on any atom is -0.394 e. The molecule has 0 aliphatic carbocycles. The number of carbonyl (C=O) groups is 3. The van der Waals surface area contributed by atoms with Crippen LogP contribution < -0.4 is 4.90 Å². The van der Waals surface area contributed by atoms with Crippen molar-refractivity contribution in [1.82, 2.24) is 9.80 Å². The van der Waals surface area contributed by atoms with E-state index in [1.165, 1.54) is 0 Å². The molecule has 5 rings (SSSR count). The number of hydrogen-bond acceptors (Lipinski definition) is 5. The molecule has 204 valence electrons. The summed E-state index contributed by atoms with van der Waals surface area (Å²) in [6.45, 7) is 10.7. The SMILES string of the molecule is CC[C@H](C)[C@H](CO)N1C(=O)[C@@H]2[C@H]3C(=O)N(C)CC=C[C@@]3(C)S[C@@]23C=CCN(c2cc(C)ccc2C)C(=O)C13. The van der Waals surface area contributed by atoms with Gasteiger partial charge >= 0.3 is 0 Å². The number of aliphatic hydroxyl groups excluding tert-OH is 1. The van der Waals surface area contributed by atoms with Crippen LogP contribution >= 0.6 is 11.8 Å². The molecule has 1 aromatic carbocycles. The van der Waals surface area contributed by atoms with Gasteiger partial charge in [0.2, 0.25) is 11.8 Å². The summed E-state index contributed by atoms with van der Waals surface area (Å²) in [5.41, 5.74) is 2.86. The monoisotopic (exact) mass is 537 g/mol. The van der Waals surface area contributed by atoms with E-state index in [0.29, 0.717) is 13.1 Å². The van der Waals surface area contributed by atoms with Crippen LogP contribution in [0.25, 0.3) is 0 Å². The fourth-order valence-corrected chi connectivity index (χ4v) is 9.12. The van der Waals surface area contributed by atoms with E-state index in [1.807, 2.05) is 71.0 Å². The lowest BCUT2D eigenvalue weighted by Gasteiger charge is -2.41. The highest BCUT2D eigenvalue weighted by molar-refractivity contribution is 8.02. The minimum atomic E-state index is -0.918. The van der Waals surface area contributed by atoms with E-state index in [4.69, 9.17) is 0 Å². The maximum absolute atomic E-state index is 14.7. The zero-order valence-electron chi connectivity index (χ0n) is 23.2. The Balaban J connectivity index is 1.72. The molecule has 0 radical (unpaired) electrons. The third kappa shape index (κ3) is 3.78. The molecular formula is C30H39N3O4S. The molecule has 0 bridgehead atoms. The van der Waals surface area contributed by atoms with E-state index < -0.39 is 33.4 Å². The van der Waals surface area contributed by atoms with Crippen molar-refractivity contribution in [2.24, 2.45) is 17.8 Å². The van der Waals surface area contributed by atoms with Crippen LogP contribution in [0.4, 0.5) is 5.69 Å². The number of amides is 3. The molecule has 1 unspecified atom stereocenters. The maximum atomic E-state index is 14.7. The van der Waals surface area contributed by atoms with Gasteiger partial charge in [0.25, 0.3) is 5.91 Å². The summed E-state index contributed by atoms with van der Waals surface area (Å²) >= 11 is 1.58. The number of fused-ring (bicyclic) bond motifs is 2. The van der Waals surface area contributed by atoms with Crippen molar-refractivity contribution in [3.05, 3.63) is 53.6 Å². The number of anilines is 1. The van der Waals surface area contributed by atoms with Crippen molar-refractivity contribution in [2.45, 2.75) is 62.6 Å². The van der Waals surface area contributed by atoms with Crippen molar-refractivity contribution in [3.8, 4) is 0 Å². The number of likely N-dealkylation sites (tertiary alicyclic amines) is 1. The molecule has 8 heteroatoms. The molecule has 1 N–H and O–H groups in total. The van der Waals surface area contributed by atoms with Crippen LogP contribution in [0.15, 0.2) is 42.5 Å². The second-order valence-electron chi connectivity index (χ2n) is 11.6. The second-order valence-corrected chi connectivity index (χ2v) is 13.4. The topological polar surface area (TPSA) is 81.2 Å². The highest BCUT2D eigenvalue weighted by Gasteiger charge is 2.74. The molecule has 38 heavy (non-hydrogen) atoms. The molecule has 0 aromatic heterocycles. The predicted octanol–water partition coefficient (Wildman–Crippen LogP) is 3.33. The summed E-state index contributed by atoms with van der Waals surface area (Å²) in [5.74, 6) is -1.74. The van der Waals surface area contributed by atoms with E-state index in [1.54, 1.807) is 33.5 Å². The largest absolute Gasteiger partial charge is 0.394 e. The second kappa shape index (κ2) is 9.56. The van der Waals surface area contributed by atoms with E-state index in [9.17, 15) is 19.5 Å². The molecule has 3 amide bonds. The number of aryl methyl sites for hydroxylation is 2. The first-order valence-electron chi connectivity index (χ1n) is 13.6. The number of aliphatic hydroxyl groups is 1. The third-order valence-electron chi connectivity index (χ3n) is 9.20. The van der Waals surface area contributed by atoms with Gasteiger partial charge in [-0.3, -0.25) is 14.4 Å². The first-order chi connectivity index (χ1) is 18.0. The summed E-state index contributed by atoms with van der Waals surface area (Å²) in [7, 11) is 1.77. The Morgan fingerprint density at radius 2 is 1.76 bits per heavy atom. The van der Waals surface area contributed by atoms with Crippen molar-refractivity contribution in [1.29, 1.82) is 0 Å². The van der Waals surface area contributed by atoms with E-state index in [0.717, 1.165) is 23.2 Å². The van der Waals surface area contributed by atoms with Crippen LogP contribution in [0.5, 0.6) is 0 Å². The third-order valence-corrected chi connectivity index (χ3v) is 11.0. The molecule has 2 fully saturated rings. The van der Waals surface area contributed by atoms with Crippen molar-refractivity contribution < 1.29 is 19.5 Å². The fraction of sp³-hybridized carbons (Fsp3) is 0.567. The lowest BCUT2D eigenvalue weighted by molar-refractivity contribution is -0.145. The summed E-state index contributed by atoms with van der Waals surface area (Å²) in [6, 6.07) is 4.72. The van der Waals surface area contributed by atoms with Crippen molar-refractivity contribution >= 4 is 35.2 Å². The van der Waals surface area contributed by atoms with E-state index >= 15 is 0 Å². The van der Waals surface area contributed by atoms with Gasteiger partial charge < -0.3 is 19.8 Å². The van der Waals surface area contributed by atoms with Gasteiger partial charge in [0.1, 0.15) is 6.04 Å². The lowest BCUT2D eigenvalue weighted by atomic mass is 9.74. The number of carbonyl (C=O) groups excluding carboxylic acids is 3. The van der Waals surface area contributed by atoms with Gasteiger partial charge in [0.05, 0.1) is 29.2 Å². The van der Waals surface area contributed by atoms with Gasteiger partial charge in [-0.05, 0) is 43.9 Å². The summed E-state index contributed by atoms with van der Waals surface area (Å²) in [5, 5.41) is 10.6. The first kappa shape index (κ1) is 27.0. The Bertz CT molecular complexity index is 1230. The van der Waals surface area contributed by atoms with Crippen LogP contribution in [0, 0.1) is 31.6 Å². The Labute approximate surface area is 229 Å². The van der Waals surface area contributed by atoms with Gasteiger partial charge in [-0.1, -0.05) is 56.7 Å². The number of hydrogen-bond donors (Lipinski definition) is 1.